The Morgan fingerprint density at radius 1 is 1.56 bits per heavy atom. The average molecular weight is 240 g/mol. The highest BCUT2D eigenvalue weighted by atomic mass is 32.1. The summed E-state index contributed by atoms with van der Waals surface area (Å²) in [6.07, 6.45) is 5.64. The molecule has 0 radical (unpaired) electrons. The minimum absolute atomic E-state index is 0.683. The molecule has 1 aliphatic rings. The van der Waals surface area contributed by atoms with Crippen molar-refractivity contribution in [3.05, 3.63) is 16.1 Å². The fourth-order valence-corrected chi connectivity index (χ4v) is 3.00. The first-order chi connectivity index (χ1) is 7.88. The molecule has 1 atom stereocenters. The summed E-state index contributed by atoms with van der Waals surface area (Å²) in [7, 11) is 0. The van der Waals surface area contributed by atoms with Crippen molar-refractivity contribution in [1.29, 1.82) is 0 Å². The SMILES string of the molecule is NCCCc1csc(CC2CCCOC2)n1. The summed E-state index contributed by atoms with van der Waals surface area (Å²) in [5.41, 5.74) is 6.70. The zero-order valence-corrected chi connectivity index (χ0v) is 10.5. The Balaban J connectivity index is 1.81. The number of nitrogens with two attached hydrogens (primary N) is 1. The molecule has 0 aliphatic carbocycles. The summed E-state index contributed by atoms with van der Waals surface area (Å²) in [6, 6.07) is 0. The monoisotopic (exact) mass is 240 g/mol. The molecular formula is C12H20N2OS. The van der Waals surface area contributed by atoms with Crippen molar-refractivity contribution < 1.29 is 4.74 Å². The molecule has 2 rings (SSSR count). The van der Waals surface area contributed by atoms with E-state index in [-0.39, 0.29) is 0 Å². The summed E-state index contributed by atoms with van der Waals surface area (Å²) in [6.45, 7) is 2.61. The van der Waals surface area contributed by atoms with E-state index in [0.29, 0.717) is 5.92 Å². The van der Waals surface area contributed by atoms with Gasteiger partial charge in [-0.15, -0.1) is 11.3 Å². The van der Waals surface area contributed by atoms with Gasteiger partial charge < -0.3 is 10.5 Å². The third-order valence-corrected chi connectivity index (χ3v) is 3.87. The molecule has 4 heteroatoms. The van der Waals surface area contributed by atoms with Gasteiger partial charge in [0, 0.05) is 25.0 Å². The Hall–Kier alpha value is -0.450. The quantitative estimate of drug-likeness (QED) is 0.856. The summed E-state index contributed by atoms with van der Waals surface area (Å²) in [5.74, 6) is 0.683. The van der Waals surface area contributed by atoms with Gasteiger partial charge in [0.15, 0.2) is 0 Å². The highest BCUT2D eigenvalue weighted by Gasteiger charge is 2.16. The molecule has 0 aromatic carbocycles. The molecule has 1 aliphatic heterocycles. The molecule has 3 nitrogen and oxygen atoms in total. The molecule has 0 bridgehead atoms. The normalized spacial score (nSPS) is 21.2. The summed E-state index contributed by atoms with van der Waals surface area (Å²) < 4.78 is 5.49. The van der Waals surface area contributed by atoms with Crippen LogP contribution in [0.15, 0.2) is 5.38 Å². The van der Waals surface area contributed by atoms with Crippen LogP contribution in [0.4, 0.5) is 0 Å². The topological polar surface area (TPSA) is 48.1 Å². The Labute approximate surface area is 101 Å². The van der Waals surface area contributed by atoms with Gasteiger partial charge >= 0.3 is 0 Å². The fourth-order valence-electron chi connectivity index (χ4n) is 2.06. The number of rotatable bonds is 5. The third kappa shape index (κ3) is 3.54. The van der Waals surface area contributed by atoms with Crippen molar-refractivity contribution in [2.24, 2.45) is 11.7 Å². The van der Waals surface area contributed by atoms with Gasteiger partial charge in [-0.3, -0.25) is 0 Å². The molecule has 2 heterocycles. The zero-order chi connectivity index (χ0) is 11.2. The van der Waals surface area contributed by atoms with E-state index in [2.05, 4.69) is 10.4 Å². The van der Waals surface area contributed by atoms with Crippen LogP contribution in [0.1, 0.15) is 30.0 Å². The average Bonchev–Trinajstić information content (AvgIpc) is 2.75. The second-order valence-corrected chi connectivity index (χ2v) is 5.35. The maximum Gasteiger partial charge on any atom is 0.0931 e. The van der Waals surface area contributed by atoms with E-state index in [1.807, 2.05) is 0 Å². The Morgan fingerprint density at radius 2 is 2.50 bits per heavy atom. The van der Waals surface area contributed by atoms with E-state index < -0.39 is 0 Å². The lowest BCUT2D eigenvalue weighted by Crippen LogP contribution is -2.19. The summed E-state index contributed by atoms with van der Waals surface area (Å²) in [4.78, 5) is 4.65. The van der Waals surface area contributed by atoms with Crippen LogP contribution >= 0.6 is 11.3 Å². The van der Waals surface area contributed by atoms with Gasteiger partial charge in [0.1, 0.15) is 0 Å². The van der Waals surface area contributed by atoms with E-state index in [9.17, 15) is 0 Å². The molecule has 2 N–H and O–H groups in total. The van der Waals surface area contributed by atoms with E-state index >= 15 is 0 Å². The van der Waals surface area contributed by atoms with Gasteiger partial charge in [0.05, 0.1) is 10.7 Å². The van der Waals surface area contributed by atoms with Crippen molar-refractivity contribution in [2.75, 3.05) is 19.8 Å². The predicted molar refractivity (Wildman–Crippen MR) is 66.7 cm³/mol. The van der Waals surface area contributed by atoms with E-state index in [0.717, 1.165) is 39.0 Å². The molecule has 1 aromatic rings. The number of thiazole rings is 1. The van der Waals surface area contributed by atoms with E-state index in [4.69, 9.17) is 10.5 Å². The minimum Gasteiger partial charge on any atom is -0.381 e. The van der Waals surface area contributed by atoms with Crippen LogP contribution in [-0.2, 0) is 17.6 Å². The lowest BCUT2D eigenvalue weighted by atomic mass is 9.99. The molecule has 0 spiro atoms. The van der Waals surface area contributed by atoms with Crippen LogP contribution in [0.3, 0.4) is 0 Å². The van der Waals surface area contributed by atoms with Gasteiger partial charge in [0.25, 0.3) is 0 Å². The van der Waals surface area contributed by atoms with Crippen LogP contribution in [0.25, 0.3) is 0 Å². The second-order valence-electron chi connectivity index (χ2n) is 4.41. The molecular weight excluding hydrogens is 220 g/mol. The molecule has 16 heavy (non-hydrogen) atoms. The predicted octanol–water partition coefficient (Wildman–Crippen LogP) is 2.00. The maximum absolute atomic E-state index is 5.49. The van der Waals surface area contributed by atoms with Crippen molar-refractivity contribution in [3.8, 4) is 0 Å². The highest BCUT2D eigenvalue weighted by Crippen LogP contribution is 2.21. The molecule has 1 aromatic heterocycles. The standard InChI is InChI=1S/C12H20N2OS/c13-5-1-4-11-9-16-12(14-11)7-10-3-2-6-15-8-10/h9-10H,1-8,13H2. The summed E-state index contributed by atoms with van der Waals surface area (Å²) >= 11 is 1.79. The Bertz CT molecular complexity index is 308. The van der Waals surface area contributed by atoms with Crippen LogP contribution in [0, 0.1) is 5.92 Å². The first kappa shape index (κ1) is 12.0. The number of hydrogen-bond acceptors (Lipinski definition) is 4. The van der Waals surface area contributed by atoms with E-state index in [1.165, 1.54) is 23.5 Å². The van der Waals surface area contributed by atoms with Crippen LogP contribution < -0.4 is 5.73 Å². The van der Waals surface area contributed by atoms with Crippen molar-refractivity contribution in [2.45, 2.75) is 32.1 Å². The number of hydrogen-bond donors (Lipinski definition) is 1. The second kappa shape index (κ2) is 6.33. The lowest BCUT2D eigenvalue weighted by Gasteiger charge is -2.20. The molecule has 90 valence electrons. The van der Waals surface area contributed by atoms with Crippen LogP contribution in [0.2, 0.25) is 0 Å². The van der Waals surface area contributed by atoms with Crippen LogP contribution in [0.5, 0.6) is 0 Å². The van der Waals surface area contributed by atoms with Gasteiger partial charge in [-0.1, -0.05) is 0 Å². The number of nitrogens with zero attached hydrogens (tertiary/aromatic N) is 1. The van der Waals surface area contributed by atoms with Crippen molar-refractivity contribution in [3.63, 3.8) is 0 Å². The molecule has 0 amide bonds. The number of aryl methyl sites for hydroxylation is 1. The number of aromatic nitrogens is 1. The van der Waals surface area contributed by atoms with Crippen LogP contribution in [-0.4, -0.2) is 24.7 Å². The van der Waals surface area contributed by atoms with Gasteiger partial charge in [-0.05, 0) is 38.1 Å². The van der Waals surface area contributed by atoms with Crippen molar-refractivity contribution in [1.82, 2.24) is 4.98 Å². The van der Waals surface area contributed by atoms with Gasteiger partial charge in [0.2, 0.25) is 0 Å². The highest BCUT2D eigenvalue weighted by molar-refractivity contribution is 7.09. The van der Waals surface area contributed by atoms with E-state index in [1.54, 1.807) is 11.3 Å². The minimum atomic E-state index is 0.683. The Morgan fingerprint density at radius 3 is 3.25 bits per heavy atom. The molecule has 1 unspecified atom stereocenters. The first-order valence-electron chi connectivity index (χ1n) is 6.09. The lowest BCUT2D eigenvalue weighted by molar-refractivity contribution is 0.0550. The fraction of sp³-hybridized carbons (Fsp3) is 0.750. The number of ether oxygens (including phenoxy) is 1. The van der Waals surface area contributed by atoms with Gasteiger partial charge in [-0.25, -0.2) is 4.98 Å². The summed E-state index contributed by atoms with van der Waals surface area (Å²) in [5, 5.41) is 3.44. The smallest absolute Gasteiger partial charge is 0.0931 e. The van der Waals surface area contributed by atoms with Crippen molar-refractivity contribution >= 4 is 11.3 Å². The maximum atomic E-state index is 5.49. The zero-order valence-electron chi connectivity index (χ0n) is 9.65. The largest absolute Gasteiger partial charge is 0.381 e. The molecule has 1 fully saturated rings. The molecule has 0 saturated carbocycles. The molecule has 1 saturated heterocycles. The first-order valence-corrected chi connectivity index (χ1v) is 6.97. The third-order valence-electron chi connectivity index (χ3n) is 2.95. The Kier molecular flexibility index (Phi) is 4.75. The van der Waals surface area contributed by atoms with Gasteiger partial charge in [-0.2, -0.15) is 0 Å².